The number of benzene rings is 2. The summed E-state index contributed by atoms with van der Waals surface area (Å²) < 4.78 is 177. The van der Waals surface area contributed by atoms with Gasteiger partial charge in [0.15, 0.2) is 30.4 Å². The molecular formula is C31H48F9N6O13S3Sm+2. The van der Waals surface area contributed by atoms with Gasteiger partial charge in [-0.1, -0.05) is 60.7 Å². The number of carbonyl (C=O) groups is 2. The molecule has 0 aromatic heterocycles. The summed E-state index contributed by atoms with van der Waals surface area (Å²) >= 11 is 0. The third-order valence-electron chi connectivity index (χ3n) is 7.36. The zero-order valence-corrected chi connectivity index (χ0v) is 38.1. The van der Waals surface area contributed by atoms with E-state index in [2.05, 4.69) is 31.1 Å². The number of hydrogen-bond donors (Lipinski definition) is 4. The molecule has 0 aliphatic carbocycles. The molecule has 3 rings (SSSR count). The van der Waals surface area contributed by atoms with Crippen LogP contribution in [0.4, 0.5) is 39.5 Å². The molecule has 63 heavy (non-hydrogen) atoms. The van der Waals surface area contributed by atoms with E-state index in [4.69, 9.17) is 38.9 Å². The van der Waals surface area contributed by atoms with E-state index in [0.29, 0.717) is 13.1 Å². The van der Waals surface area contributed by atoms with Gasteiger partial charge in [-0.05, 0) is 25.0 Å². The molecule has 1 fully saturated rings. The average molecular weight is 1130 g/mol. The molecule has 19 nitrogen and oxygen atoms in total. The normalized spacial score (nSPS) is 15.8. The van der Waals surface area contributed by atoms with Crippen molar-refractivity contribution in [2.75, 3.05) is 65.4 Å². The van der Waals surface area contributed by atoms with Crippen molar-refractivity contribution in [3.63, 3.8) is 0 Å². The number of alkyl halides is 9. The van der Waals surface area contributed by atoms with E-state index < -0.39 is 46.9 Å². The summed E-state index contributed by atoms with van der Waals surface area (Å²) in [5, 5.41) is 13.1. The summed E-state index contributed by atoms with van der Waals surface area (Å²) in [7, 11) is -18.3. The fourth-order valence-corrected chi connectivity index (χ4v) is 4.35. The first-order valence-corrected chi connectivity index (χ1v) is 21.1. The van der Waals surface area contributed by atoms with Crippen molar-refractivity contribution in [1.29, 1.82) is 0 Å². The Morgan fingerprint density at radius 1 is 0.556 bits per heavy atom. The van der Waals surface area contributed by atoms with Gasteiger partial charge < -0.3 is 45.9 Å². The van der Waals surface area contributed by atoms with Gasteiger partial charge in [0.25, 0.3) is 0 Å². The van der Waals surface area contributed by atoms with Crippen molar-refractivity contribution in [3.8, 4) is 0 Å². The second-order valence-corrected chi connectivity index (χ2v) is 16.3. The average Bonchev–Trinajstić information content (AvgIpc) is 3.09. The molecule has 0 spiro atoms. The van der Waals surface area contributed by atoms with Gasteiger partial charge in [-0.15, -0.1) is 0 Å². The van der Waals surface area contributed by atoms with Gasteiger partial charge >= 0.3 is 56.9 Å². The first kappa shape index (κ1) is 67.2. The standard InChI is InChI=1S/C28H42N6O2.3CHF3O3S.2H2O.Sm/c1-23(25-9-5-3-6-10-25)31-27(35)21-33-17-15-29-13-14-30-16-18-34(20-19-33)22-28(36)32-24(2)26-11-7-4-8-12-26;3*2-1(3,4)8(5,6)7;;;/h3-12,23-24,29-30H,13-22H2,1-2H3,(H,31,35)(H,32,36);3*(H,5,6,7);2*1H2;/q;;;;;;+3/p-1/t23-,24-;;;;;;/m1....../s1. The largest absolute Gasteiger partial charge is 3.00 e. The van der Waals surface area contributed by atoms with Crippen molar-refractivity contribution in [3.05, 3.63) is 71.8 Å². The predicted molar refractivity (Wildman–Crippen MR) is 202 cm³/mol. The summed E-state index contributed by atoms with van der Waals surface area (Å²) in [6.07, 6.45) is 0. The van der Waals surface area contributed by atoms with Gasteiger partial charge in [0.05, 0.1) is 25.2 Å². The van der Waals surface area contributed by atoms with Crippen LogP contribution < -0.4 is 21.3 Å². The minimum atomic E-state index is -6.09. The number of hydrogen-bond acceptors (Lipinski definition) is 15. The third kappa shape index (κ3) is 30.4. The van der Waals surface area contributed by atoms with Crippen molar-refractivity contribution < 1.29 is 139 Å². The monoisotopic (exact) mass is 1130 g/mol. The van der Waals surface area contributed by atoms with Crippen LogP contribution in [-0.2, 0) is 50.9 Å². The third-order valence-corrected chi connectivity index (χ3v) is 9.06. The zero-order chi connectivity index (χ0) is 46.6. The summed E-state index contributed by atoms with van der Waals surface area (Å²) in [6.45, 7) is 11.1. The van der Waals surface area contributed by atoms with E-state index in [-0.39, 0.29) is 75.2 Å². The molecule has 2 atom stereocenters. The summed E-state index contributed by atoms with van der Waals surface area (Å²) in [5.74, 6) is 0.0298. The Bertz CT molecular complexity index is 1750. The quantitative estimate of drug-likeness (QED) is 0.116. The first-order valence-electron chi connectivity index (χ1n) is 16.9. The maximum Gasteiger partial charge on any atom is 3.00 e. The minimum Gasteiger partial charge on any atom is -0.741 e. The van der Waals surface area contributed by atoms with Crippen LogP contribution in [-0.4, -0.2) is 142 Å². The van der Waals surface area contributed by atoms with Gasteiger partial charge in [-0.3, -0.25) is 19.4 Å². The summed E-state index contributed by atoms with van der Waals surface area (Å²) in [4.78, 5) is 30.0. The van der Waals surface area contributed by atoms with E-state index in [0.717, 1.165) is 63.5 Å². The molecule has 0 unspecified atom stereocenters. The van der Waals surface area contributed by atoms with Crippen molar-refractivity contribution in [1.82, 2.24) is 31.1 Å². The Morgan fingerprint density at radius 2 is 0.794 bits per heavy atom. The minimum absolute atomic E-state index is 0. The molecule has 1 aliphatic heterocycles. The molecule has 2 amide bonds. The number of amides is 2. The van der Waals surface area contributed by atoms with Gasteiger partial charge in [0.2, 0.25) is 11.8 Å². The Balaban J connectivity index is -0.000000528. The molecule has 1 aliphatic rings. The first-order chi connectivity index (χ1) is 27.3. The van der Waals surface area contributed by atoms with Crippen LogP contribution in [0, 0.1) is 40.4 Å². The predicted octanol–water partition coefficient (Wildman–Crippen LogP) is -0.152. The molecule has 2 aromatic rings. The second-order valence-electron chi connectivity index (χ2n) is 12.2. The van der Waals surface area contributed by atoms with E-state index in [9.17, 15) is 49.1 Å². The Kier molecular flexibility index (Phi) is 32.8. The van der Waals surface area contributed by atoms with Crippen LogP contribution >= 0.6 is 0 Å². The zero-order valence-electron chi connectivity index (χ0n) is 33.1. The van der Waals surface area contributed by atoms with Gasteiger partial charge in [0.1, 0.15) is 0 Å². The van der Waals surface area contributed by atoms with E-state index >= 15 is 0 Å². The molecule has 2 aromatic carbocycles. The van der Waals surface area contributed by atoms with Crippen LogP contribution in [0.3, 0.4) is 0 Å². The molecule has 1 saturated heterocycles. The van der Waals surface area contributed by atoms with Crippen molar-refractivity contribution >= 4 is 42.2 Å². The van der Waals surface area contributed by atoms with Gasteiger partial charge in [0, 0.05) is 52.4 Å². The van der Waals surface area contributed by atoms with Crippen molar-refractivity contribution in [2.45, 2.75) is 42.5 Å². The van der Waals surface area contributed by atoms with Crippen LogP contribution in [0.25, 0.3) is 0 Å². The number of rotatable bonds is 8. The van der Waals surface area contributed by atoms with Crippen LogP contribution in [0.5, 0.6) is 0 Å². The van der Waals surface area contributed by atoms with E-state index in [1.54, 1.807) is 0 Å². The fraction of sp³-hybridized carbons (Fsp3) is 0.548. The Morgan fingerprint density at radius 3 is 1.02 bits per heavy atom. The second kappa shape index (κ2) is 30.7. The Hall–Kier alpha value is -2.42. The van der Waals surface area contributed by atoms with Gasteiger partial charge in [-0.25, -0.2) is 25.3 Å². The fourth-order valence-electron chi connectivity index (χ4n) is 4.35. The number of nitrogens with one attached hydrogen (secondary N) is 4. The Labute approximate surface area is 389 Å². The number of halogens is 9. The maximum absolute atomic E-state index is 12.8. The molecule has 0 bridgehead atoms. The van der Waals surface area contributed by atoms with Crippen molar-refractivity contribution in [2.24, 2.45) is 0 Å². The summed E-state index contributed by atoms with van der Waals surface area (Å²) in [6, 6.07) is 19.9. The topological polar surface area (TPSA) is 326 Å². The molecule has 1 radical (unpaired) electrons. The molecule has 0 saturated carbocycles. The van der Waals surface area contributed by atoms with Gasteiger partial charge in [-0.2, -0.15) is 39.5 Å². The van der Waals surface area contributed by atoms with Crippen LogP contribution in [0.15, 0.2) is 60.7 Å². The summed E-state index contributed by atoms with van der Waals surface area (Å²) in [5.41, 5.74) is -14.8. The van der Waals surface area contributed by atoms with Crippen LogP contribution in [0.1, 0.15) is 37.1 Å². The van der Waals surface area contributed by atoms with E-state index in [1.165, 1.54) is 0 Å². The molecule has 10 N–H and O–H groups in total. The number of nitrogens with zero attached hydrogens (tertiary/aromatic N) is 2. The molecule has 365 valence electrons. The SMILES string of the molecule is C[C@@H](NC(=O)CN1CCNCCNCCN(CC(=O)N[C@H](C)c2ccccc2)CC1)c1ccccc1.O=S(=O)([O-])C(F)(F)F.O=S(=O)([O-])C(F)(F)F.O=S(=O)([O-])C(F)(F)F.[OH3+].[OH3+].[Sm+3]. The number of carbonyl (C=O) groups excluding carboxylic acids is 2. The molecule has 32 heteroatoms. The maximum atomic E-state index is 12.8. The smallest absolute Gasteiger partial charge is 0.741 e. The van der Waals surface area contributed by atoms with Crippen LogP contribution in [0.2, 0.25) is 0 Å². The van der Waals surface area contributed by atoms with E-state index in [1.807, 2.05) is 74.5 Å². The molecular weight excluding hydrogens is 1080 g/mol. The molecule has 1 heterocycles.